The highest BCUT2D eigenvalue weighted by molar-refractivity contribution is 6.18. The quantitative estimate of drug-likeness (QED) is 0.431. The molecule has 0 heterocycles. The molecule has 0 aliphatic rings. The van der Waals surface area contributed by atoms with Crippen molar-refractivity contribution in [2.24, 2.45) is 0 Å². The van der Waals surface area contributed by atoms with Crippen LogP contribution in [0.15, 0.2) is 0 Å². The van der Waals surface area contributed by atoms with Crippen LogP contribution in [0.2, 0.25) is 0 Å². The zero-order valence-electron chi connectivity index (χ0n) is 3.81. The molecule has 0 aromatic heterocycles. The van der Waals surface area contributed by atoms with Gasteiger partial charge in [-0.3, -0.25) is 0 Å². The molecular formula is C3H5ClF2O2. The standard InChI is InChI=1S/C3H5ClF2O2/c4-1-3(7,8)2(5)6/h2,7-8H,1H2. The molecule has 0 radical (unpaired) electrons. The van der Waals surface area contributed by atoms with E-state index in [4.69, 9.17) is 21.8 Å². The van der Waals surface area contributed by atoms with E-state index in [1.807, 2.05) is 0 Å². The van der Waals surface area contributed by atoms with Crippen LogP contribution < -0.4 is 0 Å². The van der Waals surface area contributed by atoms with Crippen LogP contribution in [-0.2, 0) is 0 Å². The zero-order valence-corrected chi connectivity index (χ0v) is 4.57. The molecule has 8 heavy (non-hydrogen) atoms. The van der Waals surface area contributed by atoms with Crippen LogP contribution in [0.3, 0.4) is 0 Å². The van der Waals surface area contributed by atoms with Crippen LogP contribution >= 0.6 is 11.6 Å². The summed E-state index contributed by atoms with van der Waals surface area (Å²) in [5, 5.41) is 16.1. The zero-order chi connectivity index (χ0) is 6.78. The Bertz CT molecular complexity index is 75.7. The smallest absolute Gasteiger partial charge is 0.292 e. The second kappa shape index (κ2) is 2.57. The summed E-state index contributed by atoms with van der Waals surface area (Å²) in [4.78, 5) is 0. The molecular weight excluding hydrogens is 141 g/mol. The second-order valence-electron chi connectivity index (χ2n) is 1.31. The molecule has 0 saturated heterocycles. The van der Waals surface area contributed by atoms with Gasteiger partial charge in [-0.2, -0.15) is 0 Å². The molecule has 0 rings (SSSR count). The molecule has 0 atom stereocenters. The maximum absolute atomic E-state index is 11.2. The lowest BCUT2D eigenvalue weighted by molar-refractivity contribution is -0.222. The second-order valence-corrected chi connectivity index (χ2v) is 1.58. The maximum Gasteiger partial charge on any atom is 0.292 e. The van der Waals surface area contributed by atoms with Gasteiger partial charge >= 0.3 is 0 Å². The Kier molecular flexibility index (Phi) is 2.59. The molecule has 0 bridgehead atoms. The lowest BCUT2D eigenvalue weighted by Crippen LogP contribution is -2.38. The normalized spacial score (nSPS) is 12.8. The Balaban J connectivity index is 3.71. The van der Waals surface area contributed by atoms with Crippen LogP contribution in [0.5, 0.6) is 0 Å². The van der Waals surface area contributed by atoms with Gasteiger partial charge in [0.25, 0.3) is 6.43 Å². The third-order valence-electron chi connectivity index (χ3n) is 0.546. The highest BCUT2D eigenvalue weighted by Gasteiger charge is 2.33. The Morgan fingerprint density at radius 3 is 1.88 bits per heavy atom. The van der Waals surface area contributed by atoms with Crippen LogP contribution in [0.25, 0.3) is 0 Å². The topological polar surface area (TPSA) is 40.5 Å². The summed E-state index contributed by atoms with van der Waals surface area (Å²) in [7, 11) is 0. The summed E-state index contributed by atoms with van der Waals surface area (Å²) in [6.45, 7) is 0. The molecule has 0 spiro atoms. The van der Waals surface area contributed by atoms with Gasteiger partial charge in [0.1, 0.15) is 0 Å². The van der Waals surface area contributed by atoms with Gasteiger partial charge in [0, 0.05) is 0 Å². The Morgan fingerprint density at radius 2 is 1.88 bits per heavy atom. The van der Waals surface area contributed by atoms with Gasteiger partial charge in [-0.15, -0.1) is 11.6 Å². The minimum atomic E-state index is -3.21. The van der Waals surface area contributed by atoms with Gasteiger partial charge < -0.3 is 10.2 Å². The maximum atomic E-state index is 11.2. The molecule has 0 amide bonds. The number of rotatable bonds is 2. The van der Waals surface area contributed by atoms with E-state index in [0.717, 1.165) is 0 Å². The number of halogens is 3. The molecule has 0 aliphatic carbocycles. The van der Waals surface area contributed by atoms with Crippen molar-refractivity contribution < 1.29 is 19.0 Å². The molecule has 50 valence electrons. The van der Waals surface area contributed by atoms with E-state index in [1.165, 1.54) is 0 Å². The van der Waals surface area contributed by atoms with Crippen molar-refractivity contribution in [2.75, 3.05) is 5.88 Å². The fraction of sp³-hybridized carbons (Fsp3) is 1.00. The molecule has 0 saturated carbocycles. The number of alkyl halides is 3. The first-order chi connectivity index (χ1) is 3.50. The summed E-state index contributed by atoms with van der Waals surface area (Å²) in [5.41, 5.74) is 0. The Morgan fingerprint density at radius 1 is 1.50 bits per heavy atom. The van der Waals surface area contributed by atoms with E-state index in [-0.39, 0.29) is 0 Å². The number of hydrogen-bond acceptors (Lipinski definition) is 2. The van der Waals surface area contributed by atoms with E-state index in [0.29, 0.717) is 0 Å². The van der Waals surface area contributed by atoms with Crippen molar-refractivity contribution in [3.05, 3.63) is 0 Å². The number of aliphatic hydroxyl groups is 2. The van der Waals surface area contributed by atoms with E-state index < -0.39 is 18.1 Å². The predicted octanol–water partition coefficient (Wildman–Crippen LogP) is 0.171. The van der Waals surface area contributed by atoms with Gasteiger partial charge in [0.2, 0.25) is 5.79 Å². The van der Waals surface area contributed by atoms with E-state index in [2.05, 4.69) is 0 Å². The monoisotopic (exact) mass is 146 g/mol. The minimum absolute atomic E-state index is 0.884. The summed E-state index contributed by atoms with van der Waals surface area (Å²) in [5.74, 6) is -3.91. The summed E-state index contributed by atoms with van der Waals surface area (Å²) < 4.78 is 22.5. The van der Waals surface area contributed by atoms with Crippen molar-refractivity contribution >= 4 is 11.6 Å². The molecule has 0 aromatic rings. The first-order valence-electron chi connectivity index (χ1n) is 1.79. The highest BCUT2D eigenvalue weighted by Crippen LogP contribution is 2.12. The van der Waals surface area contributed by atoms with Crippen molar-refractivity contribution in [1.29, 1.82) is 0 Å². The third kappa shape index (κ3) is 1.90. The summed E-state index contributed by atoms with van der Waals surface area (Å²) in [6.07, 6.45) is -3.21. The van der Waals surface area contributed by atoms with Crippen LogP contribution in [0.4, 0.5) is 8.78 Å². The molecule has 5 heteroatoms. The van der Waals surface area contributed by atoms with Gasteiger partial charge in [-0.05, 0) is 0 Å². The van der Waals surface area contributed by atoms with Crippen molar-refractivity contribution in [3.8, 4) is 0 Å². The lowest BCUT2D eigenvalue weighted by Gasteiger charge is -2.15. The highest BCUT2D eigenvalue weighted by atomic mass is 35.5. The van der Waals surface area contributed by atoms with Gasteiger partial charge in [-0.25, -0.2) is 8.78 Å². The first kappa shape index (κ1) is 8.07. The minimum Gasteiger partial charge on any atom is -0.360 e. The molecule has 0 aromatic carbocycles. The van der Waals surface area contributed by atoms with Crippen molar-refractivity contribution in [2.45, 2.75) is 12.2 Å². The van der Waals surface area contributed by atoms with Gasteiger partial charge in [0.05, 0.1) is 5.88 Å². The summed E-state index contributed by atoms with van der Waals surface area (Å²) >= 11 is 4.71. The van der Waals surface area contributed by atoms with E-state index >= 15 is 0 Å². The van der Waals surface area contributed by atoms with Crippen LogP contribution in [-0.4, -0.2) is 28.3 Å². The van der Waals surface area contributed by atoms with Gasteiger partial charge in [-0.1, -0.05) is 0 Å². The fourth-order valence-electron chi connectivity index (χ4n) is 0.0583. The predicted molar refractivity (Wildman–Crippen MR) is 23.9 cm³/mol. The van der Waals surface area contributed by atoms with Crippen molar-refractivity contribution in [1.82, 2.24) is 0 Å². The molecule has 0 fully saturated rings. The molecule has 0 aliphatic heterocycles. The summed E-state index contributed by atoms with van der Waals surface area (Å²) in [6, 6.07) is 0. The van der Waals surface area contributed by atoms with Crippen LogP contribution in [0.1, 0.15) is 0 Å². The molecule has 2 N–H and O–H groups in total. The van der Waals surface area contributed by atoms with E-state index in [1.54, 1.807) is 0 Å². The molecule has 0 unspecified atom stereocenters. The lowest BCUT2D eigenvalue weighted by atomic mass is 10.3. The average Bonchev–Trinajstić information content (AvgIpc) is 1.67. The molecule has 2 nitrogen and oxygen atoms in total. The van der Waals surface area contributed by atoms with E-state index in [9.17, 15) is 8.78 Å². The SMILES string of the molecule is OC(O)(CCl)C(F)F. The average molecular weight is 147 g/mol. The Hall–Kier alpha value is 0.0700. The largest absolute Gasteiger partial charge is 0.360 e. The third-order valence-corrected chi connectivity index (χ3v) is 0.940. The van der Waals surface area contributed by atoms with Gasteiger partial charge in [0.15, 0.2) is 0 Å². The van der Waals surface area contributed by atoms with Crippen molar-refractivity contribution in [3.63, 3.8) is 0 Å². The Labute approximate surface area is 49.7 Å². The first-order valence-corrected chi connectivity index (χ1v) is 2.33. The number of hydrogen-bond donors (Lipinski definition) is 2. The van der Waals surface area contributed by atoms with Crippen LogP contribution in [0, 0.1) is 0 Å². The fourth-order valence-corrected chi connectivity index (χ4v) is 0.175.